The lowest BCUT2D eigenvalue weighted by molar-refractivity contribution is 0.162. The van der Waals surface area contributed by atoms with Gasteiger partial charge in [-0.15, -0.1) is 0 Å². The van der Waals surface area contributed by atoms with Gasteiger partial charge in [0.25, 0.3) is 0 Å². The van der Waals surface area contributed by atoms with E-state index in [0.29, 0.717) is 6.04 Å². The van der Waals surface area contributed by atoms with Crippen molar-refractivity contribution in [2.24, 2.45) is 5.73 Å². The van der Waals surface area contributed by atoms with Crippen LogP contribution in [0.2, 0.25) is 0 Å². The van der Waals surface area contributed by atoms with Crippen LogP contribution in [0, 0.1) is 0 Å². The zero-order valence-electron chi connectivity index (χ0n) is 8.42. The van der Waals surface area contributed by atoms with Crippen LogP contribution in [0.15, 0.2) is 0 Å². The summed E-state index contributed by atoms with van der Waals surface area (Å²) in [4.78, 5) is 2.54. The minimum Gasteiger partial charge on any atom is -0.328 e. The van der Waals surface area contributed by atoms with Gasteiger partial charge in [-0.2, -0.15) is 0 Å². The van der Waals surface area contributed by atoms with Crippen molar-refractivity contribution >= 4 is 0 Å². The molecule has 1 unspecified atom stereocenters. The second kappa shape index (κ2) is 4.83. The molecule has 0 aromatic rings. The Morgan fingerprint density at radius 3 is 2.42 bits per heavy atom. The first-order chi connectivity index (χ1) is 5.77. The van der Waals surface area contributed by atoms with Crippen molar-refractivity contribution in [1.29, 1.82) is 0 Å². The van der Waals surface area contributed by atoms with Crippen LogP contribution < -0.4 is 5.73 Å². The number of rotatable bonds is 3. The van der Waals surface area contributed by atoms with E-state index in [1.54, 1.807) is 0 Å². The van der Waals surface area contributed by atoms with E-state index in [2.05, 4.69) is 18.7 Å². The highest BCUT2D eigenvalue weighted by Crippen LogP contribution is 2.21. The molecule has 0 radical (unpaired) electrons. The lowest BCUT2D eigenvalue weighted by Gasteiger charge is -2.35. The van der Waals surface area contributed by atoms with E-state index < -0.39 is 0 Å². The van der Waals surface area contributed by atoms with Crippen molar-refractivity contribution in [3.05, 3.63) is 0 Å². The molecule has 2 atom stereocenters. The Bertz CT molecular complexity index is 121. The summed E-state index contributed by atoms with van der Waals surface area (Å²) >= 11 is 0. The van der Waals surface area contributed by atoms with Gasteiger partial charge < -0.3 is 10.6 Å². The van der Waals surface area contributed by atoms with Crippen molar-refractivity contribution in [3.63, 3.8) is 0 Å². The van der Waals surface area contributed by atoms with Gasteiger partial charge in [-0.1, -0.05) is 20.3 Å². The first-order valence-corrected chi connectivity index (χ1v) is 5.27. The van der Waals surface area contributed by atoms with Crippen LogP contribution in [0.25, 0.3) is 0 Å². The number of hydrogen-bond donors (Lipinski definition) is 1. The molecule has 0 aromatic carbocycles. The summed E-state index contributed by atoms with van der Waals surface area (Å²) < 4.78 is 0. The van der Waals surface area contributed by atoms with E-state index in [4.69, 9.17) is 5.73 Å². The molecule has 2 N–H and O–H groups in total. The monoisotopic (exact) mass is 170 g/mol. The summed E-state index contributed by atoms with van der Waals surface area (Å²) in [7, 11) is 0. The number of nitrogens with two attached hydrogens (primary N) is 1. The van der Waals surface area contributed by atoms with Gasteiger partial charge in [0.2, 0.25) is 0 Å². The van der Waals surface area contributed by atoms with Crippen LogP contribution in [-0.4, -0.2) is 30.1 Å². The molecule has 1 fully saturated rings. The topological polar surface area (TPSA) is 29.3 Å². The van der Waals surface area contributed by atoms with Gasteiger partial charge in [-0.05, 0) is 32.4 Å². The minimum absolute atomic E-state index is 0.462. The van der Waals surface area contributed by atoms with Crippen LogP contribution in [0.1, 0.15) is 39.5 Å². The summed E-state index contributed by atoms with van der Waals surface area (Å²) in [5.41, 5.74) is 5.95. The third-order valence-electron chi connectivity index (χ3n) is 3.02. The zero-order chi connectivity index (χ0) is 8.97. The molecule has 1 saturated carbocycles. The van der Waals surface area contributed by atoms with Gasteiger partial charge in [0.1, 0.15) is 0 Å². The number of hydrogen-bond acceptors (Lipinski definition) is 2. The molecule has 1 aliphatic rings. The SMILES string of the molecule is CCN(CC)[C@H]1CCCC(N)C1. The Labute approximate surface area is 76.1 Å². The average Bonchev–Trinajstić information content (AvgIpc) is 2.07. The van der Waals surface area contributed by atoms with Gasteiger partial charge in [-0.25, -0.2) is 0 Å². The third-order valence-corrected chi connectivity index (χ3v) is 3.02. The molecule has 0 bridgehead atoms. The van der Waals surface area contributed by atoms with E-state index in [0.717, 1.165) is 6.04 Å². The van der Waals surface area contributed by atoms with E-state index in [9.17, 15) is 0 Å². The summed E-state index contributed by atoms with van der Waals surface area (Å²) in [6.07, 6.45) is 5.12. The normalized spacial score (nSPS) is 31.0. The molecule has 1 aliphatic carbocycles. The van der Waals surface area contributed by atoms with E-state index in [1.165, 1.54) is 38.8 Å². The molecule has 0 aromatic heterocycles. The van der Waals surface area contributed by atoms with Gasteiger partial charge in [0, 0.05) is 12.1 Å². The van der Waals surface area contributed by atoms with Gasteiger partial charge in [0.05, 0.1) is 0 Å². The predicted molar refractivity (Wildman–Crippen MR) is 53.2 cm³/mol. The third kappa shape index (κ3) is 2.46. The molecule has 0 heterocycles. The summed E-state index contributed by atoms with van der Waals surface area (Å²) in [6, 6.07) is 1.23. The summed E-state index contributed by atoms with van der Waals surface area (Å²) in [5, 5.41) is 0. The van der Waals surface area contributed by atoms with Gasteiger partial charge >= 0.3 is 0 Å². The molecule has 0 saturated heterocycles. The highest BCUT2D eigenvalue weighted by atomic mass is 15.1. The molecular weight excluding hydrogens is 148 g/mol. The Morgan fingerprint density at radius 2 is 1.92 bits per heavy atom. The fourth-order valence-corrected chi connectivity index (χ4v) is 2.27. The molecule has 72 valence electrons. The van der Waals surface area contributed by atoms with E-state index in [-0.39, 0.29) is 0 Å². The minimum atomic E-state index is 0.462. The van der Waals surface area contributed by atoms with Crippen LogP contribution in [-0.2, 0) is 0 Å². The Hall–Kier alpha value is -0.0800. The molecule has 1 rings (SSSR count). The van der Waals surface area contributed by atoms with Gasteiger partial charge in [-0.3, -0.25) is 0 Å². The largest absolute Gasteiger partial charge is 0.328 e. The maximum Gasteiger partial charge on any atom is 0.0110 e. The van der Waals surface area contributed by atoms with Crippen molar-refractivity contribution in [1.82, 2.24) is 4.90 Å². The van der Waals surface area contributed by atoms with Crippen molar-refractivity contribution in [3.8, 4) is 0 Å². The summed E-state index contributed by atoms with van der Waals surface area (Å²) in [6.45, 7) is 6.83. The van der Waals surface area contributed by atoms with Crippen molar-refractivity contribution < 1.29 is 0 Å². The molecule has 12 heavy (non-hydrogen) atoms. The Balaban J connectivity index is 2.38. The van der Waals surface area contributed by atoms with Crippen molar-refractivity contribution in [2.45, 2.75) is 51.6 Å². The second-order valence-corrected chi connectivity index (χ2v) is 3.80. The maximum absolute atomic E-state index is 5.95. The average molecular weight is 170 g/mol. The Morgan fingerprint density at radius 1 is 1.25 bits per heavy atom. The van der Waals surface area contributed by atoms with Crippen LogP contribution in [0.3, 0.4) is 0 Å². The summed E-state index contributed by atoms with van der Waals surface area (Å²) in [5.74, 6) is 0. The van der Waals surface area contributed by atoms with E-state index >= 15 is 0 Å². The van der Waals surface area contributed by atoms with Crippen molar-refractivity contribution in [2.75, 3.05) is 13.1 Å². The second-order valence-electron chi connectivity index (χ2n) is 3.80. The van der Waals surface area contributed by atoms with E-state index in [1.807, 2.05) is 0 Å². The van der Waals surface area contributed by atoms with Crippen LogP contribution in [0.5, 0.6) is 0 Å². The fourth-order valence-electron chi connectivity index (χ4n) is 2.27. The van der Waals surface area contributed by atoms with Gasteiger partial charge in [0.15, 0.2) is 0 Å². The lowest BCUT2D eigenvalue weighted by atomic mass is 9.90. The Kier molecular flexibility index (Phi) is 4.02. The molecule has 0 amide bonds. The standard InChI is InChI=1S/C10H22N2/c1-3-12(4-2)10-7-5-6-9(11)8-10/h9-10H,3-8,11H2,1-2H3/t9?,10-/m0/s1. The van der Waals surface area contributed by atoms with Crippen LogP contribution in [0.4, 0.5) is 0 Å². The highest BCUT2D eigenvalue weighted by Gasteiger charge is 2.22. The number of nitrogens with zero attached hydrogens (tertiary/aromatic N) is 1. The first kappa shape index (κ1) is 10.0. The predicted octanol–water partition coefficient (Wildman–Crippen LogP) is 1.60. The molecule has 0 aliphatic heterocycles. The molecule has 0 spiro atoms. The first-order valence-electron chi connectivity index (χ1n) is 5.27. The zero-order valence-corrected chi connectivity index (χ0v) is 8.42. The quantitative estimate of drug-likeness (QED) is 0.697. The molecular formula is C10H22N2. The van der Waals surface area contributed by atoms with Crippen LogP contribution >= 0.6 is 0 Å². The fraction of sp³-hybridized carbons (Fsp3) is 1.00. The maximum atomic E-state index is 5.95. The molecule has 2 heteroatoms. The lowest BCUT2D eigenvalue weighted by Crippen LogP contribution is -2.42. The highest BCUT2D eigenvalue weighted by molar-refractivity contribution is 4.81. The smallest absolute Gasteiger partial charge is 0.0110 e. The molecule has 2 nitrogen and oxygen atoms in total.